The molecule has 2 N–H and O–H groups in total. The lowest BCUT2D eigenvalue weighted by atomic mass is 10.1. The molecular formula is C12H23N3O. The van der Waals surface area contributed by atoms with Gasteiger partial charge in [-0.05, 0) is 19.8 Å². The summed E-state index contributed by atoms with van der Waals surface area (Å²) in [6.45, 7) is 6.47. The summed E-state index contributed by atoms with van der Waals surface area (Å²) in [5.41, 5.74) is 2.19. The molecule has 2 atom stereocenters. The second kappa shape index (κ2) is 6.01. The standard InChI is InChI=1S/C12H23N3O/c1-5-9(3)13-12(8-16)10-7-15(4)14-11(10)6-2/h7,9,12-13,16H,5-6,8H2,1-4H3. The number of rotatable bonds is 6. The smallest absolute Gasteiger partial charge is 0.0670 e. The first-order valence-electron chi connectivity index (χ1n) is 6.01. The minimum Gasteiger partial charge on any atom is -0.394 e. The Kier molecular flexibility index (Phi) is 4.96. The van der Waals surface area contributed by atoms with E-state index in [1.165, 1.54) is 0 Å². The van der Waals surface area contributed by atoms with Gasteiger partial charge in [0, 0.05) is 24.8 Å². The van der Waals surface area contributed by atoms with Crippen LogP contribution in [0.3, 0.4) is 0 Å². The van der Waals surface area contributed by atoms with Gasteiger partial charge in [-0.25, -0.2) is 0 Å². The Morgan fingerprint density at radius 2 is 2.19 bits per heavy atom. The van der Waals surface area contributed by atoms with Crippen LogP contribution in [0.25, 0.3) is 0 Å². The highest BCUT2D eigenvalue weighted by Gasteiger charge is 2.18. The zero-order valence-corrected chi connectivity index (χ0v) is 10.7. The van der Waals surface area contributed by atoms with Crippen molar-refractivity contribution in [1.82, 2.24) is 15.1 Å². The van der Waals surface area contributed by atoms with Crippen molar-refractivity contribution in [2.75, 3.05) is 6.61 Å². The maximum atomic E-state index is 9.45. The van der Waals surface area contributed by atoms with Crippen molar-refractivity contribution in [1.29, 1.82) is 0 Å². The number of aromatic nitrogens is 2. The number of nitrogens with zero attached hydrogens (tertiary/aromatic N) is 2. The highest BCUT2D eigenvalue weighted by Crippen LogP contribution is 2.18. The predicted molar refractivity (Wildman–Crippen MR) is 65.3 cm³/mol. The summed E-state index contributed by atoms with van der Waals surface area (Å²) in [5, 5.41) is 17.3. The van der Waals surface area contributed by atoms with Gasteiger partial charge in [0.05, 0.1) is 18.3 Å². The van der Waals surface area contributed by atoms with E-state index in [4.69, 9.17) is 0 Å². The Bertz CT molecular complexity index is 322. The van der Waals surface area contributed by atoms with E-state index in [-0.39, 0.29) is 12.6 Å². The van der Waals surface area contributed by atoms with Crippen LogP contribution < -0.4 is 5.32 Å². The zero-order valence-electron chi connectivity index (χ0n) is 10.7. The molecule has 0 bridgehead atoms. The average molecular weight is 225 g/mol. The quantitative estimate of drug-likeness (QED) is 0.769. The lowest BCUT2D eigenvalue weighted by Crippen LogP contribution is -2.32. The number of aliphatic hydroxyl groups is 1. The maximum Gasteiger partial charge on any atom is 0.0670 e. The largest absolute Gasteiger partial charge is 0.394 e. The van der Waals surface area contributed by atoms with Crippen molar-refractivity contribution in [3.63, 3.8) is 0 Å². The molecule has 92 valence electrons. The van der Waals surface area contributed by atoms with E-state index < -0.39 is 0 Å². The van der Waals surface area contributed by atoms with Gasteiger partial charge in [-0.1, -0.05) is 13.8 Å². The Balaban J connectivity index is 2.85. The summed E-state index contributed by atoms with van der Waals surface area (Å²) in [7, 11) is 1.92. The van der Waals surface area contributed by atoms with E-state index in [0.717, 1.165) is 24.1 Å². The molecule has 1 aromatic rings. The highest BCUT2D eigenvalue weighted by atomic mass is 16.3. The molecule has 1 aromatic heterocycles. The van der Waals surface area contributed by atoms with Gasteiger partial charge in [0.1, 0.15) is 0 Å². The van der Waals surface area contributed by atoms with E-state index in [2.05, 4.69) is 31.2 Å². The Morgan fingerprint density at radius 3 is 2.69 bits per heavy atom. The van der Waals surface area contributed by atoms with E-state index in [0.29, 0.717) is 6.04 Å². The minimum atomic E-state index is -0.00130. The predicted octanol–water partition coefficient (Wildman–Crippen LogP) is 1.40. The molecule has 0 fully saturated rings. The molecule has 4 heteroatoms. The third-order valence-corrected chi connectivity index (χ3v) is 2.93. The first kappa shape index (κ1) is 13.2. The first-order chi connectivity index (χ1) is 7.62. The molecule has 0 amide bonds. The van der Waals surface area contributed by atoms with Crippen LogP contribution in [0.5, 0.6) is 0 Å². The molecule has 0 saturated carbocycles. The van der Waals surface area contributed by atoms with Crippen molar-refractivity contribution in [2.45, 2.75) is 45.7 Å². The lowest BCUT2D eigenvalue weighted by molar-refractivity contribution is 0.233. The summed E-state index contributed by atoms with van der Waals surface area (Å²) in [6, 6.07) is 0.403. The second-order valence-corrected chi connectivity index (χ2v) is 4.27. The molecule has 0 aliphatic carbocycles. The topological polar surface area (TPSA) is 50.1 Å². The summed E-state index contributed by atoms with van der Waals surface area (Å²) in [5.74, 6) is 0. The molecule has 0 radical (unpaired) electrons. The molecule has 0 spiro atoms. The number of hydrogen-bond acceptors (Lipinski definition) is 3. The summed E-state index contributed by atoms with van der Waals surface area (Å²) in [6.07, 6.45) is 3.95. The minimum absolute atomic E-state index is 0.00130. The second-order valence-electron chi connectivity index (χ2n) is 4.27. The first-order valence-corrected chi connectivity index (χ1v) is 6.01. The molecule has 2 unspecified atom stereocenters. The van der Waals surface area contributed by atoms with Crippen LogP contribution in [0.2, 0.25) is 0 Å². The Hall–Kier alpha value is -0.870. The normalized spacial score (nSPS) is 15.1. The van der Waals surface area contributed by atoms with Crippen molar-refractivity contribution in [3.05, 3.63) is 17.5 Å². The third-order valence-electron chi connectivity index (χ3n) is 2.93. The van der Waals surface area contributed by atoms with Crippen molar-refractivity contribution < 1.29 is 5.11 Å². The molecule has 1 heterocycles. The van der Waals surface area contributed by atoms with Crippen LogP contribution in [0.4, 0.5) is 0 Å². The number of aliphatic hydroxyl groups excluding tert-OH is 1. The van der Waals surface area contributed by atoms with Crippen LogP contribution in [-0.2, 0) is 13.5 Å². The average Bonchev–Trinajstić information content (AvgIpc) is 2.66. The number of hydrogen-bond donors (Lipinski definition) is 2. The van der Waals surface area contributed by atoms with Gasteiger partial charge in [0.25, 0.3) is 0 Å². The van der Waals surface area contributed by atoms with Gasteiger partial charge in [0.15, 0.2) is 0 Å². The molecule has 1 rings (SSSR count). The van der Waals surface area contributed by atoms with Crippen LogP contribution in [0.15, 0.2) is 6.20 Å². The van der Waals surface area contributed by atoms with Gasteiger partial charge in [0.2, 0.25) is 0 Å². The van der Waals surface area contributed by atoms with Crippen molar-refractivity contribution in [3.8, 4) is 0 Å². The SMILES string of the molecule is CCc1nn(C)cc1C(CO)NC(C)CC. The van der Waals surface area contributed by atoms with Crippen molar-refractivity contribution >= 4 is 0 Å². The molecule has 0 aliphatic rings. The van der Waals surface area contributed by atoms with E-state index >= 15 is 0 Å². The van der Waals surface area contributed by atoms with Crippen LogP contribution >= 0.6 is 0 Å². The summed E-state index contributed by atoms with van der Waals surface area (Å²) < 4.78 is 1.81. The van der Waals surface area contributed by atoms with Crippen molar-refractivity contribution in [2.24, 2.45) is 7.05 Å². The molecule has 0 saturated heterocycles. The van der Waals surface area contributed by atoms with E-state index in [9.17, 15) is 5.11 Å². The third kappa shape index (κ3) is 3.06. The molecule has 0 aliphatic heterocycles. The maximum absolute atomic E-state index is 9.45. The van der Waals surface area contributed by atoms with E-state index in [1.807, 2.05) is 17.9 Å². The molecule has 16 heavy (non-hydrogen) atoms. The fourth-order valence-electron chi connectivity index (χ4n) is 1.82. The van der Waals surface area contributed by atoms with Gasteiger partial charge in [-0.3, -0.25) is 4.68 Å². The Labute approximate surface area is 97.7 Å². The molecule has 4 nitrogen and oxygen atoms in total. The van der Waals surface area contributed by atoms with Crippen LogP contribution in [0, 0.1) is 0 Å². The van der Waals surface area contributed by atoms with Gasteiger partial charge < -0.3 is 10.4 Å². The Morgan fingerprint density at radius 1 is 1.50 bits per heavy atom. The fourth-order valence-corrected chi connectivity index (χ4v) is 1.82. The monoisotopic (exact) mass is 225 g/mol. The number of aryl methyl sites for hydroxylation is 2. The molecular weight excluding hydrogens is 202 g/mol. The fraction of sp³-hybridized carbons (Fsp3) is 0.750. The van der Waals surface area contributed by atoms with Crippen LogP contribution in [0.1, 0.15) is 44.5 Å². The van der Waals surface area contributed by atoms with E-state index in [1.54, 1.807) is 0 Å². The van der Waals surface area contributed by atoms with Gasteiger partial charge in [-0.2, -0.15) is 5.10 Å². The lowest BCUT2D eigenvalue weighted by Gasteiger charge is -2.20. The highest BCUT2D eigenvalue weighted by molar-refractivity contribution is 5.21. The van der Waals surface area contributed by atoms with Gasteiger partial charge in [-0.15, -0.1) is 0 Å². The van der Waals surface area contributed by atoms with Crippen LogP contribution in [-0.4, -0.2) is 27.5 Å². The zero-order chi connectivity index (χ0) is 12.1. The summed E-state index contributed by atoms with van der Waals surface area (Å²) in [4.78, 5) is 0. The number of nitrogens with one attached hydrogen (secondary N) is 1. The summed E-state index contributed by atoms with van der Waals surface area (Å²) >= 11 is 0. The molecule has 0 aromatic carbocycles. The van der Waals surface area contributed by atoms with Gasteiger partial charge >= 0.3 is 0 Å².